The fourth-order valence-electron chi connectivity index (χ4n) is 2.42. The zero-order chi connectivity index (χ0) is 13.7. The maximum absolute atomic E-state index is 10.4. The van der Waals surface area contributed by atoms with Crippen LogP contribution in [0, 0.1) is 0 Å². The molecule has 1 aliphatic carbocycles. The zero-order valence-electron chi connectivity index (χ0n) is 11.2. The first-order valence-corrected chi connectivity index (χ1v) is 8.56. The molecule has 1 unspecified atom stereocenters. The predicted molar refractivity (Wildman–Crippen MR) is 81.5 cm³/mol. The van der Waals surface area contributed by atoms with E-state index in [2.05, 4.69) is 21.0 Å². The Balaban J connectivity index is 1.92. The zero-order valence-corrected chi connectivity index (χ0v) is 13.6. The summed E-state index contributed by atoms with van der Waals surface area (Å²) in [5, 5.41) is 15.4. The highest BCUT2D eigenvalue weighted by atomic mass is 79.9. The number of nitrogens with zero attached hydrogens (tertiary/aromatic N) is 2. The third-order valence-electron chi connectivity index (χ3n) is 3.45. The van der Waals surface area contributed by atoms with Crippen molar-refractivity contribution in [3.63, 3.8) is 0 Å². The van der Waals surface area contributed by atoms with E-state index in [0.29, 0.717) is 13.2 Å². The average molecular weight is 349 g/mol. The van der Waals surface area contributed by atoms with Crippen LogP contribution < -0.4 is 0 Å². The molecule has 2 rings (SSSR count). The van der Waals surface area contributed by atoms with E-state index < -0.39 is 6.10 Å². The molecule has 0 amide bonds. The number of methoxy groups -OCH3 is 1. The van der Waals surface area contributed by atoms with Crippen molar-refractivity contribution in [2.75, 3.05) is 19.5 Å². The van der Waals surface area contributed by atoms with E-state index in [9.17, 15) is 5.11 Å². The highest BCUT2D eigenvalue weighted by Crippen LogP contribution is 2.33. The molecule has 1 atom stereocenters. The first kappa shape index (κ1) is 15.4. The van der Waals surface area contributed by atoms with Gasteiger partial charge in [0, 0.05) is 18.1 Å². The van der Waals surface area contributed by atoms with Crippen molar-refractivity contribution in [3.05, 3.63) is 16.4 Å². The van der Waals surface area contributed by atoms with Crippen LogP contribution in [0.3, 0.4) is 0 Å². The number of halogens is 1. The maximum Gasteiger partial charge on any atom is 0.106 e. The number of hydrogen-bond acceptors (Lipinski definition) is 4. The van der Waals surface area contributed by atoms with Crippen LogP contribution in [0.2, 0.25) is 0 Å². The van der Waals surface area contributed by atoms with Gasteiger partial charge in [0.15, 0.2) is 0 Å². The normalized spacial score (nSPS) is 18.1. The molecule has 1 saturated carbocycles. The predicted octanol–water partition coefficient (Wildman–Crippen LogP) is 3.00. The Morgan fingerprint density at radius 1 is 1.58 bits per heavy atom. The molecule has 4 nitrogen and oxygen atoms in total. The van der Waals surface area contributed by atoms with Gasteiger partial charge in [-0.25, -0.2) is 0 Å². The van der Waals surface area contributed by atoms with Crippen molar-refractivity contribution in [2.45, 2.75) is 43.6 Å². The largest absolute Gasteiger partial charge is 0.386 e. The maximum atomic E-state index is 10.4. The van der Waals surface area contributed by atoms with Gasteiger partial charge < -0.3 is 9.84 Å². The standard InChI is InChI=1S/C13H21BrN2O2S/c1-18-7-6-16-13(11(14)8-15-16)12(17)9-19-10-4-2-3-5-10/h8,10,12,17H,2-7,9H2,1H3. The molecule has 0 aromatic carbocycles. The lowest BCUT2D eigenvalue weighted by molar-refractivity contribution is 0.166. The molecule has 108 valence electrons. The van der Waals surface area contributed by atoms with Crippen LogP contribution in [0.25, 0.3) is 0 Å². The summed E-state index contributed by atoms with van der Waals surface area (Å²) in [7, 11) is 1.67. The first-order valence-electron chi connectivity index (χ1n) is 6.72. The number of aromatic nitrogens is 2. The number of aliphatic hydroxyl groups excluding tert-OH is 1. The average Bonchev–Trinajstić information content (AvgIpc) is 3.03. The van der Waals surface area contributed by atoms with Crippen LogP contribution >= 0.6 is 27.7 Å². The van der Waals surface area contributed by atoms with E-state index >= 15 is 0 Å². The Hall–Kier alpha value is -0.0400. The van der Waals surface area contributed by atoms with Gasteiger partial charge in [-0.05, 0) is 28.8 Å². The smallest absolute Gasteiger partial charge is 0.106 e. The summed E-state index contributed by atoms with van der Waals surface area (Å²) in [4.78, 5) is 0. The molecule has 0 bridgehead atoms. The molecule has 1 aliphatic rings. The van der Waals surface area contributed by atoms with Gasteiger partial charge in [0.25, 0.3) is 0 Å². The van der Waals surface area contributed by atoms with Crippen LogP contribution in [0.1, 0.15) is 37.5 Å². The first-order chi connectivity index (χ1) is 9.22. The number of ether oxygens (including phenoxy) is 1. The van der Waals surface area contributed by atoms with Gasteiger partial charge in [-0.2, -0.15) is 16.9 Å². The summed E-state index contributed by atoms with van der Waals surface area (Å²) >= 11 is 5.36. The third kappa shape index (κ3) is 4.21. The van der Waals surface area contributed by atoms with Gasteiger partial charge in [-0.15, -0.1) is 0 Å². The molecule has 0 saturated heterocycles. The molecule has 6 heteroatoms. The minimum Gasteiger partial charge on any atom is -0.386 e. The molecule has 0 spiro atoms. The molecule has 0 radical (unpaired) electrons. The summed E-state index contributed by atoms with van der Waals surface area (Å²) in [6.45, 7) is 1.27. The van der Waals surface area contributed by atoms with E-state index in [-0.39, 0.29) is 0 Å². The van der Waals surface area contributed by atoms with Crippen molar-refractivity contribution < 1.29 is 9.84 Å². The lowest BCUT2D eigenvalue weighted by Crippen LogP contribution is -2.15. The van der Waals surface area contributed by atoms with Gasteiger partial charge in [0.2, 0.25) is 0 Å². The Bertz CT molecular complexity index is 394. The molecular weight excluding hydrogens is 328 g/mol. The van der Waals surface area contributed by atoms with E-state index in [4.69, 9.17) is 4.74 Å². The van der Waals surface area contributed by atoms with Crippen LogP contribution in [0.5, 0.6) is 0 Å². The van der Waals surface area contributed by atoms with E-state index in [1.807, 2.05) is 16.4 Å². The minimum atomic E-state index is -0.473. The monoisotopic (exact) mass is 348 g/mol. The van der Waals surface area contributed by atoms with Crippen molar-refractivity contribution in [1.29, 1.82) is 0 Å². The molecular formula is C13H21BrN2O2S. The number of hydrogen-bond donors (Lipinski definition) is 1. The summed E-state index contributed by atoms with van der Waals surface area (Å²) < 4.78 is 7.77. The van der Waals surface area contributed by atoms with Crippen molar-refractivity contribution in [1.82, 2.24) is 9.78 Å². The van der Waals surface area contributed by atoms with Gasteiger partial charge in [-0.3, -0.25) is 4.68 Å². The molecule has 1 aromatic heterocycles. The second-order valence-electron chi connectivity index (χ2n) is 4.85. The van der Waals surface area contributed by atoms with Crippen LogP contribution in [-0.4, -0.2) is 39.6 Å². The van der Waals surface area contributed by atoms with Crippen LogP contribution in [0.4, 0.5) is 0 Å². The van der Waals surface area contributed by atoms with Crippen LogP contribution in [0.15, 0.2) is 10.7 Å². The molecule has 1 heterocycles. The fraction of sp³-hybridized carbons (Fsp3) is 0.769. The lowest BCUT2D eigenvalue weighted by Gasteiger charge is -2.16. The number of aliphatic hydroxyl groups is 1. The highest BCUT2D eigenvalue weighted by Gasteiger charge is 2.21. The minimum absolute atomic E-state index is 0.473. The molecule has 19 heavy (non-hydrogen) atoms. The van der Waals surface area contributed by atoms with Gasteiger partial charge in [-0.1, -0.05) is 12.8 Å². The summed E-state index contributed by atoms with van der Waals surface area (Å²) in [5.41, 5.74) is 0.863. The van der Waals surface area contributed by atoms with Gasteiger partial charge in [0.1, 0.15) is 6.10 Å². The fourth-order valence-corrected chi connectivity index (χ4v) is 4.26. The molecule has 1 aromatic rings. The van der Waals surface area contributed by atoms with Crippen molar-refractivity contribution in [2.24, 2.45) is 0 Å². The number of rotatable bonds is 7. The second-order valence-corrected chi connectivity index (χ2v) is 7.04. The third-order valence-corrected chi connectivity index (χ3v) is 5.51. The van der Waals surface area contributed by atoms with Gasteiger partial charge >= 0.3 is 0 Å². The van der Waals surface area contributed by atoms with Crippen LogP contribution in [-0.2, 0) is 11.3 Å². The topological polar surface area (TPSA) is 47.3 Å². The Morgan fingerprint density at radius 3 is 3.00 bits per heavy atom. The van der Waals surface area contributed by atoms with E-state index in [1.165, 1.54) is 25.7 Å². The lowest BCUT2D eigenvalue weighted by atomic mass is 10.3. The Morgan fingerprint density at radius 2 is 2.32 bits per heavy atom. The van der Waals surface area contributed by atoms with Crippen molar-refractivity contribution in [3.8, 4) is 0 Å². The summed E-state index contributed by atoms with van der Waals surface area (Å²) in [6, 6.07) is 0. The van der Waals surface area contributed by atoms with E-state index in [0.717, 1.165) is 21.2 Å². The Labute approximate surface area is 127 Å². The highest BCUT2D eigenvalue weighted by molar-refractivity contribution is 9.10. The quantitative estimate of drug-likeness (QED) is 0.822. The number of thioether (sulfide) groups is 1. The Kier molecular flexibility index (Phi) is 6.19. The summed E-state index contributed by atoms with van der Waals surface area (Å²) in [6.07, 6.45) is 6.53. The van der Waals surface area contributed by atoms with Crippen molar-refractivity contribution >= 4 is 27.7 Å². The SMILES string of the molecule is COCCn1ncc(Br)c1C(O)CSC1CCCC1. The summed E-state index contributed by atoms with van der Waals surface area (Å²) in [5.74, 6) is 0.738. The molecule has 1 N–H and O–H groups in total. The molecule has 0 aliphatic heterocycles. The second kappa shape index (κ2) is 7.67. The van der Waals surface area contributed by atoms with E-state index in [1.54, 1.807) is 13.3 Å². The molecule has 1 fully saturated rings. The van der Waals surface area contributed by atoms with Gasteiger partial charge in [0.05, 0.1) is 29.5 Å².